The Hall–Kier alpha value is -1.94. The van der Waals surface area contributed by atoms with E-state index >= 15 is 0 Å². The molecule has 0 saturated heterocycles. The van der Waals surface area contributed by atoms with Gasteiger partial charge in [0.15, 0.2) is 12.2 Å². The van der Waals surface area contributed by atoms with Crippen molar-refractivity contribution in [3.05, 3.63) is 0 Å². The molecule has 0 spiro atoms. The van der Waals surface area contributed by atoms with Crippen molar-refractivity contribution in [2.24, 2.45) is 11.8 Å². The lowest BCUT2D eigenvalue weighted by Gasteiger charge is -2.21. The molecule has 0 aromatic rings. The highest BCUT2D eigenvalue weighted by molar-refractivity contribution is 7.47. The van der Waals surface area contributed by atoms with Crippen LogP contribution < -0.4 is 0 Å². The molecule has 0 amide bonds. The Morgan fingerprint density at radius 3 is 0.800 bits per heavy atom. The molecule has 0 saturated carbocycles. The lowest BCUT2D eigenvalue weighted by molar-refractivity contribution is -0.161. The van der Waals surface area contributed by atoms with Crippen LogP contribution in [0.25, 0.3) is 0 Å². The van der Waals surface area contributed by atoms with E-state index in [2.05, 4.69) is 41.5 Å². The van der Waals surface area contributed by atoms with Gasteiger partial charge in [-0.25, -0.2) is 9.13 Å². The highest BCUT2D eigenvalue weighted by atomic mass is 31.2. The molecule has 17 nitrogen and oxygen atoms in total. The Balaban J connectivity index is 5.19. The first-order valence-corrected chi connectivity index (χ1v) is 42.5. The van der Waals surface area contributed by atoms with Crippen LogP contribution in [0.5, 0.6) is 0 Å². The van der Waals surface area contributed by atoms with E-state index in [1.165, 1.54) is 199 Å². The van der Waals surface area contributed by atoms with Crippen molar-refractivity contribution < 1.29 is 80.2 Å². The first kappa shape index (κ1) is 93.1. The third-order valence-electron chi connectivity index (χ3n) is 18.1. The summed E-state index contributed by atoms with van der Waals surface area (Å²) in [6.45, 7) is 9.58. The third kappa shape index (κ3) is 69.0. The van der Waals surface area contributed by atoms with Crippen LogP contribution in [-0.2, 0) is 65.4 Å². The molecule has 0 aromatic heterocycles. The molecular formula is C76H148O17P2. The number of carbonyl (C=O) groups excluding carboxylic acids is 4. The first-order valence-electron chi connectivity index (χ1n) is 39.5. The van der Waals surface area contributed by atoms with Gasteiger partial charge in [-0.05, 0) is 37.5 Å². The maximum atomic E-state index is 13.1. The summed E-state index contributed by atoms with van der Waals surface area (Å²) < 4.78 is 68.4. The van der Waals surface area contributed by atoms with Gasteiger partial charge in [0.1, 0.15) is 19.3 Å². The highest BCUT2D eigenvalue weighted by Gasteiger charge is 2.30. The number of hydrogen-bond donors (Lipinski definition) is 3. The molecule has 0 aromatic carbocycles. The minimum Gasteiger partial charge on any atom is -0.462 e. The van der Waals surface area contributed by atoms with Crippen molar-refractivity contribution in [3.8, 4) is 0 Å². The van der Waals surface area contributed by atoms with Crippen molar-refractivity contribution in [2.45, 2.75) is 413 Å². The molecule has 0 heterocycles. The number of esters is 4. The lowest BCUT2D eigenvalue weighted by atomic mass is 9.99. The van der Waals surface area contributed by atoms with Gasteiger partial charge in [0.05, 0.1) is 26.4 Å². The molecule has 0 aliphatic carbocycles. The molecule has 3 unspecified atom stereocenters. The molecule has 0 bridgehead atoms. The number of carbonyl (C=O) groups is 4. The second-order valence-electron chi connectivity index (χ2n) is 28.1. The van der Waals surface area contributed by atoms with E-state index in [-0.39, 0.29) is 25.7 Å². The van der Waals surface area contributed by atoms with Crippen molar-refractivity contribution in [3.63, 3.8) is 0 Å². The van der Waals surface area contributed by atoms with Gasteiger partial charge in [0, 0.05) is 25.7 Å². The smallest absolute Gasteiger partial charge is 0.462 e. The SMILES string of the molecule is CCCCCCCCCCCCCCCCCCCCC(=O)OC[C@H](COP(=O)(O)OC[C@@H](O)COP(=O)(O)OC[C@@H](COC(=O)CCCCCCCCC)OC(=O)CCCCCCCCCCCC(C)C)OC(=O)CCCCCCCCCCCCCCCCC(C)CC. The second-order valence-corrected chi connectivity index (χ2v) is 31.0. The van der Waals surface area contributed by atoms with Crippen LogP contribution in [0.4, 0.5) is 0 Å². The van der Waals surface area contributed by atoms with Gasteiger partial charge >= 0.3 is 39.5 Å². The van der Waals surface area contributed by atoms with E-state index in [1.54, 1.807) is 0 Å². The number of ether oxygens (including phenoxy) is 4. The minimum absolute atomic E-state index is 0.105. The van der Waals surface area contributed by atoms with Crippen LogP contribution in [-0.4, -0.2) is 96.7 Å². The minimum atomic E-state index is -4.96. The highest BCUT2D eigenvalue weighted by Crippen LogP contribution is 2.45. The van der Waals surface area contributed by atoms with Gasteiger partial charge in [-0.3, -0.25) is 37.3 Å². The lowest BCUT2D eigenvalue weighted by Crippen LogP contribution is -2.30. The van der Waals surface area contributed by atoms with Crippen LogP contribution in [0.3, 0.4) is 0 Å². The monoisotopic (exact) mass is 1400 g/mol. The van der Waals surface area contributed by atoms with Crippen LogP contribution >= 0.6 is 15.6 Å². The van der Waals surface area contributed by atoms with E-state index in [0.717, 1.165) is 115 Å². The topological polar surface area (TPSA) is 237 Å². The summed E-state index contributed by atoms with van der Waals surface area (Å²) in [4.78, 5) is 72.7. The molecule has 95 heavy (non-hydrogen) atoms. The number of rotatable bonds is 75. The van der Waals surface area contributed by atoms with Gasteiger partial charge in [0.25, 0.3) is 0 Å². The molecule has 0 aliphatic rings. The van der Waals surface area contributed by atoms with Crippen LogP contribution in [0.15, 0.2) is 0 Å². The average Bonchev–Trinajstić information content (AvgIpc) is 3.60. The fourth-order valence-corrected chi connectivity index (χ4v) is 13.2. The molecule has 0 rings (SSSR count). The van der Waals surface area contributed by atoms with Crippen LogP contribution in [0, 0.1) is 11.8 Å². The van der Waals surface area contributed by atoms with E-state index in [9.17, 15) is 43.2 Å². The van der Waals surface area contributed by atoms with Crippen molar-refractivity contribution in [1.82, 2.24) is 0 Å². The normalized spacial score (nSPS) is 14.3. The summed E-state index contributed by atoms with van der Waals surface area (Å²) in [7, 11) is -9.91. The maximum absolute atomic E-state index is 13.1. The number of phosphoric ester groups is 2. The van der Waals surface area contributed by atoms with E-state index < -0.39 is 97.5 Å². The molecular weight excluding hydrogens is 1250 g/mol. The van der Waals surface area contributed by atoms with Gasteiger partial charge in [-0.2, -0.15) is 0 Å². The van der Waals surface area contributed by atoms with Crippen LogP contribution in [0.2, 0.25) is 0 Å². The van der Waals surface area contributed by atoms with Gasteiger partial charge in [-0.15, -0.1) is 0 Å². The Labute approximate surface area is 581 Å². The summed E-state index contributed by atoms with van der Waals surface area (Å²) in [6, 6.07) is 0. The quantitative estimate of drug-likeness (QED) is 0.0222. The number of aliphatic hydroxyl groups is 1. The zero-order chi connectivity index (χ0) is 70.0. The third-order valence-corrected chi connectivity index (χ3v) is 20.0. The van der Waals surface area contributed by atoms with Gasteiger partial charge in [-0.1, -0.05) is 343 Å². The summed E-state index contributed by atoms with van der Waals surface area (Å²) in [5, 5.41) is 10.6. The molecule has 0 aliphatic heterocycles. The number of phosphoric acid groups is 2. The standard InChI is InChI=1S/C76H148O17P2/c1-7-10-12-14-16-17-18-19-20-21-22-23-27-30-35-41-47-53-59-74(79)87-65-72(93-75(80)60-54-48-42-36-31-28-25-24-26-29-34-40-45-51-57-69(6)9-3)67-91-95(84,85)89-63-70(77)62-88-94(82,83)90-66-71(64-86-73(78)58-52-46-38-15-13-11-8-2)92-76(81)61-55-49-43-37-32-33-39-44-50-56-68(4)5/h68-72,77H,7-67H2,1-6H3,(H,82,83)(H,84,85)/t69?,70-,71+,72+/m0/s1. The summed E-state index contributed by atoms with van der Waals surface area (Å²) in [6.07, 6.45) is 55.6. The zero-order valence-corrected chi connectivity index (χ0v) is 63.8. The number of unbranched alkanes of at least 4 members (excludes halogenated alkanes) is 44. The Morgan fingerprint density at radius 2 is 0.537 bits per heavy atom. The van der Waals surface area contributed by atoms with Gasteiger partial charge in [0.2, 0.25) is 0 Å². The fourth-order valence-electron chi connectivity index (χ4n) is 11.6. The predicted molar refractivity (Wildman–Crippen MR) is 386 cm³/mol. The van der Waals surface area contributed by atoms with E-state index in [0.29, 0.717) is 25.7 Å². The first-order chi connectivity index (χ1) is 45.9. The van der Waals surface area contributed by atoms with E-state index in [1.807, 2.05) is 0 Å². The second kappa shape index (κ2) is 67.9. The number of aliphatic hydroxyl groups excluding tert-OH is 1. The zero-order valence-electron chi connectivity index (χ0n) is 62.0. The molecule has 6 atom stereocenters. The van der Waals surface area contributed by atoms with Gasteiger partial charge < -0.3 is 33.8 Å². The molecule has 0 radical (unpaired) electrons. The number of hydrogen-bond acceptors (Lipinski definition) is 15. The van der Waals surface area contributed by atoms with Crippen molar-refractivity contribution >= 4 is 39.5 Å². The summed E-state index contributed by atoms with van der Waals surface area (Å²) >= 11 is 0. The molecule has 564 valence electrons. The Bertz CT molecular complexity index is 1840. The molecule has 3 N–H and O–H groups in total. The fraction of sp³-hybridized carbons (Fsp3) is 0.947. The molecule has 19 heteroatoms. The van der Waals surface area contributed by atoms with Crippen molar-refractivity contribution in [1.29, 1.82) is 0 Å². The average molecular weight is 1400 g/mol. The maximum Gasteiger partial charge on any atom is 0.472 e. The largest absolute Gasteiger partial charge is 0.472 e. The van der Waals surface area contributed by atoms with Crippen molar-refractivity contribution in [2.75, 3.05) is 39.6 Å². The Kier molecular flexibility index (Phi) is 66.5. The molecule has 0 fully saturated rings. The van der Waals surface area contributed by atoms with Crippen LogP contribution in [0.1, 0.15) is 395 Å². The Morgan fingerprint density at radius 1 is 0.305 bits per heavy atom. The summed E-state index contributed by atoms with van der Waals surface area (Å²) in [5.74, 6) is -0.538. The summed E-state index contributed by atoms with van der Waals surface area (Å²) in [5.41, 5.74) is 0. The van der Waals surface area contributed by atoms with E-state index in [4.69, 9.17) is 37.0 Å². The predicted octanol–water partition coefficient (Wildman–Crippen LogP) is 22.3.